The maximum atomic E-state index is 10.3. The first-order chi connectivity index (χ1) is 4.81. The fourth-order valence-corrected chi connectivity index (χ4v) is 0.616. The summed E-state index contributed by atoms with van der Waals surface area (Å²) in [5.74, 6) is 0. The van der Waals surface area contributed by atoms with E-state index >= 15 is 0 Å². The van der Waals surface area contributed by atoms with E-state index in [0.717, 1.165) is 19.3 Å². The first-order valence-electron chi connectivity index (χ1n) is 3.49. The fourth-order valence-electron chi connectivity index (χ4n) is 0.616. The van der Waals surface area contributed by atoms with Gasteiger partial charge >= 0.3 is 6.03 Å². The van der Waals surface area contributed by atoms with Crippen LogP contribution in [-0.2, 0) is 0 Å². The van der Waals surface area contributed by atoms with Crippen molar-refractivity contribution in [3.63, 3.8) is 0 Å². The van der Waals surface area contributed by atoms with Crippen molar-refractivity contribution >= 4 is 6.03 Å². The minimum absolute atomic E-state index is 0.531. The molecule has 0 aromatic rings. The molecule has 0 aliphatic rings. The molecular formula is C6H14N2O2. The first kappa shape index (κ1) is 9.23. The molecule has 0 atom stereocenters. The summed E-state index contributed by atoms with van der Waals surface area (Å²) in [5, 5.41) is 10.5. The number of hydrogen-bond donors (Lipinski definition) is 3. The van der Waals surface area contributed by atoms with Crippen LogP contribution < -0.4 is 10.8 Å². The fraction of sp³-hybridized carbons (Fsp3) is 0.833. The van der Waals surface area contributed by atoms with Gasteiger partial charge in [0.05, 0.1) is 0 Å². The average Bonchev–Trinajstić information content (AvgIpc) is 1.98. The molecular weight excluding hydrogens is 132 g/mol. The molecule has 0 aromatic carbocycles. The number of carbonyl (C=O) groups excluding carboxylic acids is 1. The molecule has 0 aliphatic heterocycles. The highest BCUT2D eigenvalue weighted by atomic mass is 16.5. The van der Waals surface area contributed by atoms with Crippen LogP contribution in [0.1, 0.15) is 26.2 Å². The van der Waals surface area contributed by atoms with Crippen LogP contribution in [0.3, 0.4) is 0 Å². The van der Waals surface area contributed by atoms with Gasteiger partial charge in [0.1, 0.15) is 0 Å². The smallest absolute Gasteiger partial charge is 0.336 e. The molecule has 4 heteroatoms. The van der Waals surface area contributed by atoms with Gasteiger partial charge in [0.25, 0.3) is 0 Å². The average molecular weight is 146 g/mol. The maximum Gasteiger partial charge on any atom is 0.338 e. The van der Waals surface area contributed by atoms with Crippen LogP contribution in [0.4, 0.5) is 4.79 Å². The number of carbonyl (C=O) groups is 1. The second-order valence-corrected chi connectivity index (χ2v) is 2.07. The minimum atomic E-state index is -0.531. The lowest BCUT2D eigenvalue weighted by Gasteiger charge is -2.00. The largest absolute Gasteiger partial charge is 0.338 e. The lowest BCUT2D eigenvalue weighted by molar-refractivity contribution is 0.161. The summed E-state index contributed by atoms with van der Waals surface area (Å²) in [6, 6.07) is -0.531. The Kier molecular flexibility index (Phi) is 5.86. The third-order valence-electron chi connectivity index (χ3n) is 1.17. The van der Waals surface area contributed by atoms with Crippen LogP contribution in [0.5, 0.6) is 0 Å². The standard InChI is InChI=1S/C6H14N2O2/c1-2-3-4-5-7-6(9)8-10/h10H,2-5H2,1H3,(H2,7,8,9). The number of hydrogen-bond acceptors (Lipinski definition) is 2. The van der Waals surface area contributed by atoms with Crippen molar-refractivity contribution in [1.29, 1.82) is 0 Å². The van der Waals surface area contributed by atoms with Gasteiger partial charge in [-0.15, -0.1) is 0 Å². The molecule has 0 saturated heterocycles. The molecule has 0 radical (unpaired) electrons. The van der Waals surface area contributed by atoms with Crippen molar-refractivity contribution in [2.24, 2.45) is 0 Å². The zero-order chi connectivity index (χ0) is 7.82. The molecule has 0 heterocycles. The Morgan fingerprint density at radius 1 is 1.50 bits per heavy atom. The molecule has 3 N–H and O–H groups in total. The molecule has 2 amide bonds. The van der Waals surface area contributed by atoms with E-state index in [1.54, 1.807) is 0 Å². The second-order valence-electron chi connectivity index (χ2n) is 2.07. The molecule has 10 heavy (non-hydrogen) atoms. The molecule has 0 rings (SSSR count). The number of rotatable bonds is 4. The van der Waals surface area contributed by atoms with Gasteiger partial charge in [-0.1, -0.05) is 19.8 Å². The molecule has 0 aromatic heterocycles. The van der Waals surface area contributed by atoms with Crippen LogP contribution in [0, 0.1) is 0 Å². The summed E-state index contributed by atoms with van der Waals surface area (Å²) in [5.41, 5.74) is 1.49. The van der Waals surface area contributed by atoms with E-state index in [2.05, 4.69) is 12.2 Å². The van der Waals surface area contributed by atoms with Crippen molar-refractivity contribution in [1.82, 2.24) is 10.8 Å². The van der Waals surface area contributed by atoms with Crippen LogP contribution in [0.15, 0.2) is 0 Å². The molecule has 0 spiro atoms. The molecule has 0 bridgehead atoms. The van der Waals surface area contributed by atoms with Crippen molar-refractivity contribution < 1.29 is 10.0 Å². The Morgan fingerprint density at radius 3 is 2.70 bits per heavy atom. The molecule has 60 valence electrons. The molecule has 4 nitrogen and oxygen atoms in total. The van der Waals surface area contributed by atoms with E-state index in [0.29, 0.717) is 6.54 Å². The second kappa shape index (κ2) is 6.35. The first-order valence-corrected chi connectivity index (χ1v) is 3.49. The predicted octanol–water partition coefficient (Wildman–Crippen LogP) is 0.865. The van der Waals surface area contributed by atoms with E-state index in [1.165, 1.54) is 5.48 Å². The van der Waals surface area contributed by atoms with Crippen LogP contribution in [-0.4, -0.2) is 17.8 Å². The van der Waals surface area contributed by atoms with Gasteiger partial charge in [0.15, 0.2) is 0 Å². The minimum Gasteiger partial charge on any atom is -0.336 e. The Hall–Kier alpha value is -0.770. The van der Waals surface area contributed by atoms with Gasteiger partial charge in [-0.05, 0) is 6.42 Å². The van der Waals surface area contributed by atoms with Gasteiger partial charge < -0.3 is 5.32 Å². The van der Waals surface area contributed by atoms with Crippen molar-refractivity contribution in [3.8, 4) is 0 Å². The number of amides is 2. The van der Waals surface area contributed by atoms with Gasteiger partial charge in [-0.2, -0.15) is 0 Å². The third-order valence-corrected chi connectivity index (χ3v) is 1.17. The molecule has 0 aliphatic carbocycles. The normalized spacial score (nSPS) is 9.00. The van der Waals surface area contributed by atoms with Crippen LogP contribution >= 0.6 is 0 Å². The highest BCUT2D eigenvalue weighted by Crippen LogP contribution is 1.90. The van der Waals surface area contributed by atoms with Crippen LogP contribution in [0.25, 0.3) is 0 Å². The summed E-state index contributed by atoms with van der Waals surface area (Å²) < 4.78 is 0. The van der Waals surface area contributed by atoms with Gasteiger partial charge in [-0.3, -0.25) is 5.21 Å². The van der Waals surface area contributed by atoms with Crippen molar-refractivity contribution in [3.05, 3.63) is 0 Å². The summed E-state index contributed by atoms with van der Waals surface area (Å²) in [7, 11) is 0. The topological polar surface area (TPSA) is 61.4 Å². The summed E-state index contributed by atoms with van der Waals surface area (Å²) in [6.07, 6.45) is 3.19. The third kappa shape index (κ3) is 5.37. The van der Waals surface area contributed by atoms with Crippen molar-refractivity contribution in [2.75, 3.05) is 6.54 Å². The highest BCUT2D eigenvalue weighted by Gasteiger charge is 1.93. The van der Waals surface area contributed by atoms with E-state index in [1.807, 2.05) is 0 Å². The molecule has 0 unspecified atom stereocenters. The number of unbranched alkanes of at least 4 members (excludes halogenated alkanes) is 2. The Labute approximate surface area is 60.6 Å². The van der Waals surface area contributed by atoms with Gasteiger partial charge in [0, 0.05) is 6.54 Å². The Bertz CT molecular complexity index is 95.7. The quantitative estimate of drug-likeness (QED) is 0.313. The van der Waals surface area contributed by atoms with Crippen LogP contribution in [0.2, 0.25) is 0 Å². The molecule has 0 saturated carbocycles. The number of hydroxylamine groups is 1. The van der Waals surface area contributed by atoms with E-state index in [-0.39, 0.29) is 0 Å². The maximum absolute atomic E-state index is 10.3. The van der Waals surface area contributed by atoms with E-state index < -0.39 is 6.03 Å². The van der Waals surface area contributed by atoms with E-state index in [4.69, 9.17) is 5.21 Å². The predicted molar refractivity (Wildman–Crippen MR) is 37.8 cm³/mol. The zero-order valence-electron chi connectivity index (χ0n) is 6.18. The van der Waals surface area contributed by atoms with E-state index in [9.17, 15) is 4.79 Å². The number of urea groups is 1. The lowest BCUT2D eigenvalue weighted by atomic mass is 10.2. The summed E-state index contributed by atoms with van der Waals surface area (Å²) in [4.78, 5) is 10.3. The Morgan fingerprint density at radius 2 is 2.20 bits per heavy atom. The monoisotopic (exact) mass is 146 g/mol. The Balaban J connectivity index is 2.96. The SMILES string of the molecule is CCCCCNC(=O)NO. The number of nitrogens with one attached hydrogen (secondary N) is 2. The summed E-state index contributed by atoms with van der Waals surface area (Å²) >= 11 is 0. The lowest BCUT2D eigenvalue weighted by Crippen LogP contribution is -2.33. The highest BCUT2D eigenvalue weighted by molar-refractivity contribution is 5.72. The zero-order valence-corrected chi connectivity index (χ0v) is 6.18. The van der Waals surface area contributed by atoms with Gasteiger partial charge in [-0.25, -0.2) is 10.3 Å². The van der Waals surface area contributed by atoms with Crippen molar-refractivity contribution in [2.45, 2.75) is 26.2 Å². The summed E-state index contributed by atoms with van der Waals surface area (Å²) in [6.45, 7) is 2.71. The van der Waals surface area contributed by atoms with Gasteiger partial charge in [0.2, 0.25) is 0 Å². The molecule has 0 fully saturated rings.